The Kier molecular flexibility index (Phi) is 5.74. The number of primary amides is 1. The normalized spacial score (nSPS) is 18.5. The zero-order valence-corrected chi connectivity index (χ0v) is 15.5. The number of benzene rings is 1. The summed E-state index contributed by atoms with van der Waals surface area (Å²) in [5.41, 5.74) is 6.29. The first-order chi connectivity index (χ1) is 13.4. The number of para-hydroxylation sites is 1. The van der Waals surface area contributed by atoms with Crippen LogP contribution in [0.15, 0.2) is 36.4 Å². The quantitative estimate of drug-likeness (QED) is 0.611. The van der Waals surface area contributed by atoms with Crippen LogP contribution < -0.4 is 11.1 Å². The summed E-state index contributed by atoms with van der Waals surface area (Å²) in [7, 11) is 0. The third-order valence-corrected chi connectivity index (χ3v) is 4.90. The molecule has 1 aliphatic rings. The maximum atomic E-state index is 12.5. The van der Waals surface area contributed by atoms with Crippen molar-refractivity contribution < 1.29 is 19.5 Å². The Hall–Kier alpha value is -3.20. The Morgan fingerprint density at radius 1 is 1.29 bits per heavy atom. The number of aliphatic carboxylic acids is 1. The van der Waals surface area contributed by atoms with Gasteiger partial charge in [0.25, 0.3) is 11.8 Å². The molecule has 0 atom stereocenters. The molecule has 0 bridgehead atoms. The molecule has 0 unspecified atom stereocenters. The molecule has 4 N–H and O–H groups in total. The second-order valence-corrected chi connectivity index (χ2v) is 6.78. The van der Waals surface area contributed by atoms with Gasteiger partial charge in [-0.15, -0.1) is 0 Å². The lowest BCUT2D eigenvalue weighted by Gasteiger charge is -2.42. The molecule has 9 nitrogen and oxygen atoms in total. The molecule has 1 fully saturated rings. The lowest BCUT2D eigenvalue weighted by molar-refractivity contribution is -0.139. The number of hydrogen-bond donors (Lipinski definition) is 3. The van der Waals surface area contributed by atoms with E-state index in [0.717, 1.165) is 0 Å². The number of carboxylic acid groups (broad SMARTS) is 1. The lowest BCUT2D eigenvalue weighted by Crippen LogP contribution is -2.54. The molecular formula is C19H23N5O4. The van der Waals surface area contributed by atoms with Gasteiger partial charge in [0.15, 0.2) is 5.69 Å². The minimum Gasteiger partial charge on any atom is -0.480 e. The van der Waals surface area contributed by atoms with Crippen LogP contribution in [0, 0.1) is 0 Å². The van der Waals surface area contributed by atoms with Crippen LogP contribution in [0.1, 0.15) is 40.7 Å². The van der Waals surface area contributed by atoms with Crippen LogP contribution in [0.2, 0.25) is 0 Å². The standard InChI is InChI=1S/C19H23N5O4/c1-2-23(11-17(25)26)14-8-12(9-14)21-19(28)15-10-16(18(20)27)24(22-15)13-6-4-3-5-7-13/h3-7,10,12,14H,2,8-9,11H2,1H3,(H2,20,27)(H,21,28)(H,25,26). The van der Waals surface area contributed by atoms with Crippen molar-refractivity contribution in [1.82, 2.24) is 20.0 Å². The van der Waals surface area contributed by atoms with Crippen molar-refractivity contribution in [1.29, 1.82) is 0 Å². The Morgan fingerprint density at radius 2 is 1.96 bits per heavy atom. The lowest BCUT2D eigenvalue weighted by atomic mass is 9.85. The molecule has 1 saturated carbocycles. The number of nitrogens with zero attached hydrogens (tertiary/aromatic N) is 3. The highest BCUT2D eigenvalue weighted by Crippen LogP contribution is 2.26. The third kappa shape index (κ3) is 4.20. The number of hydrogen-bond acceptors (Lipinski definition) is 5. The van der Waals surface area contributed by atoms with E-state index in [1.165, 1.54) is 10.7 Å². The van der Waals surface area contributed by atoms with Crippen LogP contribution >= 0.6 is 0 Å². The predicted octanol–water partition coefficient (Wildman–Crippen LogP) is 0.639. The molecule has 148 valence electrons. The number of rotatable bonds is 8. The van der Waals surface area contributed by atoms with E-state index in [1.54, 1.807) is 24.3 Å². The molecule has 1 aliphatic carbocycles. The van der Waals surface area contributed by atoms with Gasteiger partial charge in [0.2, 0.25) is 0 Å². The molecule has 28 heavy (non-hydrogen) atoms. The molecule has 1 aromatic carbocycles. The van der Waals surface area contributed by atoms with Crippen LogP contribution in [0.4, 0.5) is 0 Å². The first-order valence-electron chi connectivity index (χ1n) is 9.11. The number of aromatic nitrogens is 2. The number of likely N-dealkylation sites (N-methyl/N-ethyl adjacent to an activating group) is 1. The van der Waals surface area contributed by atoms with E-state index in [-0.39, 0.29) is 35.9 Å². The van der Waals surface area contributed by atoms with Gasteiger partial charge in [0.05, 0.1) is 12.2 Å². The van der Waals surface area contributed by atoms with Gasteiger partial charge in [-0.2, -0.15) is 5.10 Å². The molecular weight excluding hydrogens is 362 g/mol. The molecule has 1 aromatic heterocycles. The summed E-state index contributed by atoms with van der Waals surface area (Å²) in [5, 5.41) is 16.1. The van der Waals surface area contributed by atoms with Crippen LogP contribution in [-0.2, 0) is 4.79 Å². The van der Waals surface area contributed by atoms with Gasteiger partial charge in [0, 0.05) is 18.2 Å². The van der Waals surface area contributed by atoms with E-state index in [0.29, 0.717) is 25.1 Å². The summed E-state index contributed by atoms with van der Waals surface area (Å²) in [6.07, 6.45) is 1.35. The molecule has 3 rings (SSSR count). The van der Waals surface area contributed by atoms with Crippen LogP contribution in [0.25, 0.3) is 5.69 Å². The van der Waals surface area contributed by atoms with Crippen molar-refractivity contribution in [3.05, 3.63) is 47.8 Å². The highest BCUT2D eigenvalue weighted by atomic mass is 16.4. The van der Waals surface area contributed by atoms with Gasteiger partial charge < -0.3 is 16.2 Å². The topological polar surface area (TPSA) is 131 Å². The fourth-order valence-electron chi connectivity index (χ4n) is 3.37. The van der Waals surface area contributed by atoms with Crippen molar-refractivity contribution in [2.75, 3.05) is 13.1 Å². The van der Waals surface area contributed by atoms with Gasteiger partial charge >= 0.3 is 5.97 Å². The van der Waals surface area contributed by atoms with E-state index < -0.39 is 11.9 Å². The second-order valence-electron chi connectivity index (χ2n) is 6.78. The fourth-order valence-corrected chi connectivity index (χ4v) is 3.37. The summed E-state index contributed by atoms with van der Waals surface area (Å²) in [6.45, 7) is 2.54. The minimum absolute atomic E-state index is 0.00864. The first-order valence-corrected chi connectivity index (χ1v) is 9.11. The van der Waals surface area contributed by atoms with Crippen LogP contribution in [0.5, 0.6) is 0 Å². The zero-order valence-electron chi connectivity index (χ0n) is 15.5. The van der Waals surface area contributed by atoms with Crippen molar-refractivity contribution in [2.45, 2.75) is 31.8 Å². The SMILES string of the molecule is CCN(CC(=O)O)C1CC(NC(=O)c2cc(C(N)=O)n(-c3ccccc3)n2)C1. The summed E-state index contributed by atoms with van der Waals surface area (Å²) in [4.78, 5) is 37.1. The molecule has 0 radical (unpaired) electrons. The van der Waals surface area contributed by atoms with E-state index in [4.69, 9.17) is 10.8 Å². The fraction of sp³-hybridized carbons (Fsp3) is 0.368. The predicted molar refractivity (Wildman–Crippen MR) is 101 cm³/mol. The molecule has 2 aromatic rings. The summed E-state index contributed by atoms with van der Waals surface area (Å²) in [6, 6.07) is 10.4. The smallest absolute Gasteiger partial charge is 0.317 e. The number of nitrogens with one attached hydrogen (secondary N) is 1. The Bertz CT molecular complexity index is 874. The molecule has 0 aliphatic heterocycles. The number of carboxylic acids is 1. The largest absolute Gasteiger partial charge is 0.480 e. The van der Waals surface area contributed by atoms with Gasteiger partial charge in [-0.05, 0) is 31.5 Å². The molecule has 9 heteroatoms. The summed E-state index contributed by atoms with van der Waals surface area (Å²) in [5.74, 6) is -1.92. The average Bonchev–Trinajstić information content (AvgIpc) is 3.09. The minimum atomic E-state index is -0.861. The van der Waals surface area contributed by atoms with Crippen molar-refractivity contribution >= 4 is 17.8 Å². The average molecular weight is 385 g/mol. The van der Waals surface area contributed by atoms with Gasteiger partial charge in [0.1, 0.15) is 5.69 Å². The molecule has 0 saturated heterocycles. The Balaban J connectivity index is 1.66. The monoisotopic (exact) mass is 385 g/mol. The van der Waals surface area contributed by atoms with E-state index in [1.807, 2.05) is 17.9 Å². The molecule has 2 amide bonds. The van der Waals surface area contributed by atoms with Gasteiger partial charge in [-0.25, -0.2) is 4.68 Å². The molecule has 0 spiro atoms. The summed E-state index contributed by atoms with van der Waals surface area (Å²) >= 11 is 0. The zero-order chi connectivity index (χ0) is 20.3. The van der Waals surface area contributed by atoms with Crippen LogP contribution in [-0.4, -0.2) is 62.7 Å². The van der Waals surface area contributed by atoms with Crippen molar-refractivity contribution in [2.24, 2.45) is 5.73 Å². The highest BCUT2D eigenvalue weighted by Gasteiger charge is 2.35. The summed E-state index contributed by atoms with van der Waals surface area (Å²) < 4.78 is 1.35. The van der Waals surface area contributed by atoms with Crippen molar-refractivity contribution in [3.8, 4) is 5.69 Å². The number of carbonyl (C=O) groups is 3. The Morgan fingerprint density at radius 3 is 2.54 bits per heavy atom. The van der Waals surface area contributed by atoms with Gasteiger partial charge in [-0.3, -0.25) is 19.3 Å². The second kappa shape index (κ2) is 8.22. The van der Waals surface area contributed by atoms with Crippen LogP contribution in [0.3, 0.4) is 0 Å². The highest BCUT2D eigenvalue weighted by molar-refractivity contribution is 5.97. The number of carbonyl (C=O) groups excluding carboxylic acids is 2. The van der Waals surface area contributed by atoms with E-state index >= 15 is 0 Å². The number of amides is 2. The maximum absolute atomic E-state index is 12.5. The first kappa shape index (κ1) is 19.6. The Labute approximate surface area is 162 Å². The number of nitrogens with two attached hydrogens (primary N) is 1. The molecule has 1 heterocycles. The van der Waals surface area contributed by atoms with Crippen molar-refractivity contribution in [3.63, 3.8) is 0 Å². The maximum Gasteiger partial charge on any atom is 0.317 e. The van der Waals surface area contributed by atoms with E-state index in [9.17, 15) is 14.4 Å². The third-order valence-electron chi connectivity index (χ3n) is 4.90. The van der Waals surface area contributed by atoms with Gasteiger partial charge in [-0.1, -0.05) is 25.1 Å². The van der Waals surface area contributed by atoms with E-state index in [2.05, 4.69) is 10.4 Å².